The van der Waals surface area contributed by atoms with Gasteiger partial charge in [-0.1, -0.05) is 18.3 Å². The molecule has 124 valence electrons. The third-order valence-corrected chi connectivity index (χ3v) is 3.33. The molecule has 0 saturated carbocycles. The average molecular weight is 343 g/mol. The molecular weight excluding hydrogens is 326 g/mol. The molecule has 1 amide bonds. The van der Waals surface area contributed by atoms with Gasteiger partial charge in [0.15, 0.2) is 0 Å². The van der Waals surface area contributed by atoms with E-state index in [1.54, 1.807) is 48.8 Å². The average Bonchev–Trinajstić information content (AvgIpc) is 2.64. The Hall–Kier alpha value is -2.77. The first-order valence-electron chi connectivity index (χ1n) is 7.22. The molecule has 2 rings (SSSR count). The smallest absolute Gasteiger partial charge is 0.244 e. The van der Waals surface area contributed by atoms with Crippen molar-refractivity contribution in [1.29, 1.82) is 0 Å². The highest BCUT2D eigenvalue weighted by Gasteiger charge is 2.00. The van der Waals surface area contributed by atoms with E-state index in [1.807, 2.05) is 11.5 Å². The van der Waals surface area contributed by atoms with Gasteiger partial charge in [0.05, 0.1) is 6.54 Å². The Morgan fingerprint density at radius 1 is 1.29 bits per heavy atom. The molecule has 0 aliphatic heterocycles. The molecule has 1 heterocycles. The molecule has 0 fully saturated rings. The molecule has 0 atom stereocenters. The number of nitrogens with zero attached hydrogens (tertiary/aromatic N) is 1. The van der Waals surface area contributed by atoms with E-state index < -0.39 is 0 Å². The van der Waals surface area contributed by atoms with E-state index in [9.17, 15) is 4.79 Å². The summed E-state index contributed by atoms with van der Waals surface area (Å²) in [5.41, 5.74) is 3.47. The monoisotopic (exact) mass is 343 g/mol. The van der Waals surface area contributed by atoms with Crippen molar-refractivity contribution in [3.63, 3.8) is 0 Å². The highest BCUT2D eigenvalue weighted by molar-refractivity contribution is 7.80. The number of hydroxylamine groups is 1. The minimum absolute atomic E-state index is 0.197. The molecule has 1 aromatic heterocycles. The number of rotatable bonds is 7. The molecule has 0 bridgehead atoms. The zero-order chi connectivity index (χ0) is 17.2. The van der Waals surface area contributed by atoms with Crippen molar-refractivity contribution in [2.24, 2.45) is 0 Å². The maximum atomic E-state index is 11.7. The highest BCUT2D eigenvalue weighted by atomic mass is 32.1. The fraction of sp³-hybridized carbons (Fsp3) is 0.118. The summed E-state index contributed by atoms with van der Waals surface area (Å²) in [6.07, 6.45) is 6.50. The molecule has 0 saturated heterocycles. The lowest BCUT2D eigenvalue weighted by Gasteiger charge is -2.08. The van der Waals surface area contributed by atoms with Gasteiger partial charge in [-0.05, 0) is 42.0 Å². The molecule has 24 heavy (non-hydrogen) atoms. The van der Waals surface area contributed by atoms with Crippen molar-refractivity contribution in [3.05, 3.63) is 66.0 Å². The van der Waals surface area contributed by atoms with E-state index in [-0.39, 0.29) is 10.9 Å². The van der Waals surface area contributed by atoms with Crippen LogP contribution in [0, 0.1) is 0 Å². The first-order chi connectivity index (χ1) is 11.7. The van der Waals surface area contributed by atoms with Gasteiger partial charge >= 0.3 is 0 Å². The Balaban J connectivity index is 1.70. The van der Waals surface area contributed by atoms with Crippen LogP contribution in [0.25, 0.3) is 6.08 Å². The van der Waals surface area contributed by atoms with Gasteiger partial charge in [-0.3, -0.25) is 20.5 Å². The number of ether oxygens (including phenoxy) is 1. The second-order valence-electron chi connectivity index (χ2n) is 4.72. The van der Waals surface area contributed by atoms with Crippen LogP contribution in [0.15, 0.2) is 54.9 Å². The zero-order valence-electron chi connectivity index (χ0n) is 12.8. The highest BCUT2D eigenvalue weighted by Crippen LogP contribution is 2.12. The van der Waals surface area contributed by atoms with Crippen LogP contribution in [-0.4, -0.2) is 34.2 Å². The lowest BCUT2D eigenvalue weighted by atomic mass is 10.2. The van der Waals surface area contributed by atoms with E-state index in [2.05, 4.69) is 10.3 Å². The van der Waals surface area contributed by atoms with Gasteiger partial charge in [-0.25, -0.2) is 0 Å². The second-order valence-corrected chi connectivity index (χ2v) is 5.13. The number of hydrogen-bond donors (Lipinski definition) is 3. The van der Waals surface area contributed by atoms with Gasteiger partial charge in [0.25, 0.3) is 0 Å². The predicted octanol–water partition coefficient (Wildman–Crippen LogP) is 1.94. The van der Waals surface area contributed by atoms with Gasteiger partial charge in [-0.15, -0.1) is 0 Å². The van der Waals surface area contributed by atoms with Crippen LogP contribution in [0.5, 0.6) is 5.75 Å². The topological polar surface area (TPSA) is 83.5 Å². The minimum atomic E-state index is -0.197. The van der Waals surface area contributed by atoms with E-state index in [4.69, 9.17) is 22.2 Å². The third-order valence-electron chi connectivity index (χ3n) is 3.00. The summed E-state index contributed by atoms with van der Waals surface area (Å²) in [5, 5.41) is 11.5. The Labute approximate surface area is 145 Å². The van der Waals surface area contributed by atoms with Gasteiger partial charge in [-0.2, -0.15) is 0 Å². The maximum absolute atomic E-state index is 11.7. The number of pyridine rings is 1. The summed E-state index contributed by atoms with van der Waals surface area (Å²) in [7, 11) is 0. The number of carbonyl (C=O) groups excluding carboxylic acids is 1. The van der Waals surface area contributed by atoms with Gasteiger partial charge < -0.3 is 10.1 Å². The number of amides is 1. The molecule has 7 heteroatoms. The van der Waals surface area contributed by atoms with Crippen LogP contribution >= 0.6 is 12.2 Å². The zero-order valence-corrected chi connectivity index (χ0v) is 13.6. The molecular formula is C17H17N3O3S. The quantitative estimate of drug-likeness (QED) is 0.308. The SMILES string of the molecule is O=C(/C=C/c1cccnc1)NCCOc1ccc(C(=S)NO)cc1. The Morgan fingerprint density at radius 2 is 2.08 bits per heavy atom. The summed E-state index contributed by atoms with van der Waals surface area (Å²) < 4.78 is 5.51. The lowest BCUT2D eigenvalue weighted by molar-refractivity contribution is -0.116. The second kappa shape index (κ2) is 9.39. The fourth-order valence-electron chi connectivity index (χ4n) is 1.82. The molecule has 6 nitrogen and oxygen atoms in total. The number of benzene rings is 1. The standard InChI is InChI=1S/C17H17N3O3S/c21-16(8-3-13-2-1-9-18-12-13)19-10-11-23-15-6-4-14(5-7-15)17(24)20-22/h1-9,12,22H,10-11H2,(H,19,21)(H,20,24)/b8-3+. The lowest BCUT2D eigenvalue weighted by Crippen LogP contribution is -2.26. The molecule has 0 aliphatic rings. The van der Waals surface area contributed by atoms with Crippen molar-refractivity contribution < 1.29 is 14.7 Å². The molecule has 0 spiro atoms. The predicted molar refractivity (Wildman–Crippen MR) is 94.8 cm³/mol. The minimum Gasteiger partial charge on any atom is -0.492 e. The van der Waals surface area contributed by atoms with Crippen LogP contribution in [0.2, 0.25) is 0 Å². The van der Waals surface area contributed by atoms with Crippen molar-refractivity contribution in [1.82, 2.24) is 15.8 Å². The molecule has 0 aliphatic carbocycles. The molecule has 3 N–H and O–H groups in total. The number of thiocarbonyl (C=S) groups is 1. The largest absolute Gasteiger partial charge is 0.492 e. The Kier molecular flexibility index (Phi) is 6.88. The van der Waals surface area contributed by atoms with E-state index >= 15 is 0 Å². The summed E-state index contributed by atoms with van der Waals surface area (Å²) in [6, 6.07) is 10.6. The van der Waals surface area contributed by atoms with Gasteiger partial charge in [0.1, 0.15) is 17.3 Å². The van der Waals surface area contributed by atoms with Crippen LogP contribution in [-0.2, 0) is 4.79 Å². The Bertz CT molecular complexity index is 703. The number of hydrogen-bond acceptors (Lipinski definition) is 5. The van der Waals surface area contributed by atoms with E-state index in [0.29, 0.717) is 24.5 Å². The number of nitrogens with one attached hydrogen (secondary N) is 2. The number of carbonyl (C=O) groups is 1. The summed E-state index contributed by atoms with van der Waals surface area (Å²) in [5.74, 6) is 0.455. The van der Waals surface area contributed by atoms with E-state index in [1.165, 1.54) is 6.08 Å². The van der Waals surface area contributed by atoms with Gasteiger partial charge in [0, 0.05) is 24.0 Å². The summed E-state index contributed by atoms with van der Waals surface area (Å²) >= 11 is 4.90. The van der Waals surface area contributed by atoms with Crippen LogP contribution in [0.4, 0.5) is 0 Å². The molecule has 1 aromatic carbocycles. The molecule has 0 unspecified atom stereocenters. The summed E-state index contributed by atoms with van der Waals surface area (Å²) in [6.45, 7) is 0.725. The van der Waals surface area contributed by atoms with Crippen molar-refractivity contribution in [2.75, 3.05) is 13.2 Å². The Morgan fingerprint density at radius 3 is 2.75 bits per heavy atom. The molecule has 0 radical (unpaired) electrons. The van der Waals surface area contributed by atoms with Gasteiger partial charge in [0.2, 0.25) is 5.91 Å². The summed E-state index contributed by atoms with van der Waals surface area (Å²) in [4.78, 5) is 15.9. The van der Waals surface area contributed by atoms with Crippen LogP contribution < -0.4 is 15.5 Å². The van der Waals surface area contributed by atoms with Crippen LogP contribution in [0.1, 0.15) is 11.1 Å². The van der Waals surface area contributed by atoms with Crippen molar-refractivity contribution in [2.45, 2.75) is 0 Å². The first-order valence-corrected chi connectivity index (χ1v) is 7.63. The normalized spacial score (nSPS) is 10.4. The maximum Gasteiger partial charge on any atom is 0.244 e. The molecule has 2 aromatic rings. The fourth-order valence-corrected chi connectivity index (χ4v) is 1.95. The van der Waals surface area contributed by atoms with Crippen molar-refractivity contribution >= 4 is 29.2 Å². The van der Waals surface area contributed by atoms with Crippen molar-refractivity contribution in [3.8, 4) is 5.75 Å². The number of aromatic nitrogens is 1. The third kappa shape index (κ3) is 5.79. The van der Waals surface area contributed by atoms with E-state index in [0.717, 1.165) is 5.56 Å². The van der Waals surface area contributed by atoms with Crippen LogP contribution in [0.3, 0.4) is 0 Å². The first kappa shape index (κ1) is 17.6.